The molecule has 5 aromatic rings. The lowest BCUT2D eigenvalue weighted by Crippen LogP contribution is -2.48. The molecule has 3 N–H and O–H groups in total. The Bertz CT molecular complexity index is 1760. The summed E-state index contributed by atoms with van der Waals surface area (Å²) in [4.78, 5) is 30.4. The Morgan fingerprint density at radius 3 is 2.48 bits per heavy atom. The molecule has 0 bridgehead atoms. The van der Waals surface area contributed by atoms with Gasteiger partial charge in [-0.1, -0.05) is 72.8 Å². The van der Waals surface area contributed by atoms with Gasteiger partial charge in [0.25, 0.3) is 0 Å². The molecule has 2 amide bonds. The number of hydrogen-bond acceptors (Lipinski definition) is 6. The van der Waals surface area contributed by atoms with Gasteiger partial charge in [0.15, 0.2) is 0 Å². The molecule has 0 fully saturated rings. The summed E-state index contributed by atoms with van der Waals surface area (Å²) in [6.45, 7) is 2.35. The molecule has 1 aromatic heterocycles. The van der Waals surface area contributed by atoms with Crippen molar-refractivity contribution < 1.29 is 19.1 Å². The molecule has 0 radical (unpaired) electrons. The summed E-state index contributed by atoms with van der Waals surface area (Å²) in [6, 6.07) is 29.0. The molecule has 0 spiro atoms. The van der Waals surface area contributed by atoms with Crippen molar-refractivity contribution in [1.82, 2.24) is 15.6 Å². The third-order valence-electron chi connectivity index (χ3n) is 7.43. The Morgan fingerprint density at radius 1 is 0.886 bits per heavy atom. The molecule has 224 valence electrons. The SMILES string of the molecule is CNC(=O)C(Cc1ccc(C)c(OC)c1)NC(=O)CNc1ccc2ccccc2c1-c1cncc(OCc2ccccc2)c1. The number of carbonyl (C=O) groups excluding carboxylic acids is 2. The van der Waals surface area contributed by atoms with Crippen LogP contribution in [0.2, 0.25) is 0 Å². The van der Waals surface area contributed by atoms with E-state index in [4.69, 9.17) is 9.47 Å². The summed E-state index contributed by atoms with van der Waals surface area (Å²) in [5.41, 5.74) is 5.47. The maximum Gasteiger partial charge on any atom is 0.242 e. The Balaban J connectivity index is 1.35. The summed E-state index contributed by atoms with van der Waals surface area (Å²) in [6.07, 6.45) is 3.81. The minimum absolute atomic E-state index is 0.0340. The monoisotopic (exact) mass is 588 g/mol. The maximum absolute atomic E-state index is 13.2. The highest BCUT2D eigenvalue weighted by Gasteiger charge is 2.21. The molecule has 1 heterocycles. The number of fused-ring (bicyclic) bond motifs is 1. The highest BCUT2D eigenvalue weighted by Crippen LogP contribution is 2.36. The van der Waals surface area contributed by atoms with Gasteiger partial charge in [0, 0.05) is 36.5 Å². The smallest absolute Gasteiger partial charge is 0.242 e. The van der Waals surface area contributed by atoms with Crippen molar-refractivity contribution in [1.29, 1.82) is 0 Å². The van der Waals surface area contributed by atoms with Crippen LogP contribution < -0.4 is 25.4 Å². The average Bonchev–Trinajstić information content (AvgIpc) is 3.06. The highest BCUT2D eigenvalue weighted by atomic mass is 16.5. The third-order valence-corrected chi connectivity index (χ3v) is 7.43. The fourth-order valence-corrected chi connectivity index (χ4v) is 5.14. The number of hydrogen-bond donors (Lipinski definition) is 3. The fraction of sp³-hybridized carbons (Fsp3) is 0.194. The summed E-state index contributed by atoms with van der Waals surface area (Å²) in [5, 5.41) is 10.9. The molecule has 1 unspecified atom stereocenters. The number of nitrogens with zero attached hydrogens (tertiary/aromatic N) is 1. The summed E-state index contributed by atoms with van der Waals surface area (Å²) in [7, 11) is 3.17. The van der Waals surface area contributed by atoms with Crippen LogP contribution in [0.5, 0.6) is 11.5 Å². The molecule has 0 aliphatic heterocycles. The molecule has 44 heavy (non-hydrogen) atoms. The first kappa shape index (κ1) is 30.1. The van der Waals surface area contributed by atoms with Crippen LogP contribution in [0.15, 0.2) is 103 Å². The van der Waals surface area contributed by atoms with Gasteiger partial charge in [-0.15, -0.1) is 0 Å². The van der Waals surface area contributed by atoms with E-state index in [1.807, 2.05) is 97.9 Å². The number of rotatable bonds is 12. The van der Waals surface area contributed by atoms with Crippen molar-refractivity contribution in [2.24, 2.45) is 0 Å². The fourth-order valence-electron chi connectivity index (χ4n) is 5.14. The average molecular weight is 589 g/mol. The molecule has 8 heteroatoms. The maximum atomic E-state index is 13.2. The van der Waals surface area contributed by atoms with E-state index in [0.29, 0.717) is 18.8 Å². The summed E-state index contributed by atoms with van der Waals surface area (Å²) >= 11 is 0. The second kappa shape index (κ2) is 14.2. The number of anilines is 1. The second-order valence-corrected chi connectivity index (χ2v) is 10.5. The number of pyridine rings is 1. The van der Waals surface area contributed by atoms with Gasteiger partial charge in [-0.2, -0.15) is 0 Å². The van der Waals surface area contributed by atoms with Crippen LogP contribution in [0.4, 0.5) is 5.69 Å². The van der Waals surface area contributed by atoms with E-state index in [9.17, 15) is 9.59 Å². The van der Waals surface area contributed by atoms with Crippen molar-refractivity contribution in [3.05, 3.63) is 120 Å². The largest absolute Gasteiger partial charge is 0.496 e. The molecular weight excluding hydrogens is 552 g/mol. The lowest BCUT2D eigenvalue weighted by atomic mass is 9.97. The van der Waals surface area contributed by atoms with Gasteiger partial charge in [0.05, 0.1) is 19.9 Å². The molecule has 0 aliphatic carbocycles. The van der Waals surface area contributed by atoms with Gasteiger partial charge in [-0.25, -0.2) is 0 Å². The van der Waals surface area contributed by atoms with Crippen molar-refractivity contribution in [3.8, 4) is 22.6 Å². The number of benzene rings is 4. The van der Waals surface area contributed by atoms with E-state index in [0.717, 1.165) is 50.0 Å². The van der Waals surface area contributed by atoms with Crippen LogP contribution in [-0.4, -0.2) is 43.5 Å². The van der Waals surface area contributed by atoms with Crippen LogP contribution in [0.25, 0.3) is 21.9 Å². The van der Waals surface area contributed by atoms with Gasteiger partial charge >= 0.3 is 0 Å². The number of aromatic nitrogens is 1. The van der Waals surface area contributed by atoms with E-state index in [-0.39, 0.29) is 18.4 Å². The summed E-state index contributed by atoms with van der Waals surface area (Å²) in [5.74, 6) is 0.792. The predicted molar refractivity (Wildman–Crippen MR) is 174 cm³/mol. The lowest BCUT2D eigenvalue weighted by molar-refractivity contribution is -0.127. The van der Waals surface area contributed by atoms with Crippen molar-refractivity contribution in [3.63, 3.8) is 0 Å². The first-order chi connectivity index (χ1) is 21.4. The minimum Gasteiger partial charge on any atom is -0.496 e. The van der Waals surface area contributed by atoms with Crippen molar-refractivity contribution >= 4 is 28.3 Å². The standard InChI is InChI=1S/C36H36N4O4/c1-24-13-14-26(18-33(24)43-3)17-32(36(42)37-2)40-34(41)22-39-31-16-15-27-11-7-8-12-30(27)35(31)28-19-29(21-38-20-28)44-23-25-9-5-4-6-10-25/h4-16,18-21,32,39H,17,22-23H2,1-3H3,(H,37,42)(H,40,41). The van der Waals surface area contributed by atoms with E-state index in [2.05, 4.69) is 20.9 Å². The predicted octanol–water partition coefficient (Wildman–Crippen LogP) is 5.68. The topological polar surface area (TPSA) is 102 Å². The Morgan fingerprint density at radius 2 is 1.68 bits per heavy atom. The van der Waals surface area contributed by atoms with Crippen molar-refractivity contribution in [2.75, 3.05) is 26.0 Å². The van der Waals surface area contributed by atoms with Crippen molar-refractivity contribution in [2.45, 2.75) is 26.0 Å². The normalized spacial score (nSPS) is 11.4. The van der Waals surface area contributed by atoms with E-state index >= 15 is 0 Å². The molecule has 4 aromatic carbocycles. The summed E-state index contributed by atoms with van der Waals surface area (Å²) < 4.78 is 11.5. The van der Waals surface area contributed by atoms with E-state index in [1.165, 1.54) is 0 Å². The zero-order valence-corrected chi connectivity index (χ0v) is 25.1. The number of methoxy groups -OCH3 is 1. The number of amides is 2. The second-order valence-electron chi connectivity index (χ2n) is 10.5. The molecule has 0 aliphatic rings. The molecular formula is C36H36N4O4. The number of aryl methyl sites for hydroxylation is 1. The van der Waals surface area contributed by atoms with E-state index < -0.39 is 6.04 Å². The Hall–Kier alpha value is -5.37. The van der Waals surface area contributed by atoms with Gasteiger partial charge in [-0.05, 0) is 52.6 Å². The minimum atomic E-state index is -0.750. The first-order valence-electron chi connectivity index (χ1n) is 14.5. The van der Waals surface area contributed by atoms with Gasteiger partial charge < -0.3 is 25.4 Å². The lowest BCUT2D eigenvalue weighted by Gasteiger charge is -2.20. The van der Waals surface area contributed by atoms with Crippen LogP contribution >= 0.6 is 0 Å². The van der Waals surface area contributed by atoms with Gasteiger partial charge in [0.1, 0.15) is 24.1 Å². The van der Waals surface area contributed by atoms with E-state index in [1.54, 1.807) is 26.6 Å². The molecule has 5 rings (SSSR count). The Labute approximate surface area is 257 Å². The molecule has 0 saturated heterocycles. The first-order valence-corrected chi connectivity index (χ1v) is 14.5. The zero-order valence-electron chi connectivity index (χ0n) is 25.1. The van der Waals surface area contributed by atoms with Gasteiger partial charge in [-0.3, -0.25) is 14.6 Å². The number of nitrogens with one attached hydrogen (secondary N) is 3. The van der Waals surface area contributed by atoms with Crippen LogP contribution in [0, 0.1) is 6.92 Å². The van der Waals surface area contributed by atoms with Gasteiger partial charge in [0.2, 0.25) is 11.8 Å². The van der Waals surface area contributed by atoms with Crippen LogP contribution in [0.3, 0.4) is 0 Å². The number of carbonyl (C=O) groups is 2. The molecule has 8 nitrogen and oxygen atoms in total. The van der Waals surface area contributed by atoms with Crippen LogP contribution in [-0.2, 0) is 22.6 Å². The molecule has 0 saturated carbocycles. The Kier molecular flexibility index (Phi) is 9.71. The molecule has 1 atom stereocenters. The number of ether oxygens (including phenoxy) is 2. The third kappa shape index (κ3) is 7.33. The quantitative estimate of drug-likeness (QED) is 0.173. The number of likely N-dealkylation sites (N-methyl/N-ethyl adjacent to an activating group) is 1. The highest BCUT2D eigenvalue weighted by molar-refractivity contribution is 6.03. The zero-order chi connectivity index (χ0) is 30.9. The van der Waals surface area contributed by atoms with Crippen LogP contribution in [0.1, 0.15) is 16.7 Å².